The number of likely N-dealkylation sites (N-methyl/N-ethyl adjacent to an activating group) is 1. The minimum absolute atomic E-state index is 0.144. The van der Waals surface area contributed by atoms with Crippen LogP contribution < -0.4 is 0 Å². The first-order valence-electron chi connectivity index (χ1n) is 8.40. The molecule has 0 fully saturated rings. The molecule has 1 aromatic heterocycles. The van der Waals surface area contributed by atoms with E-state index in [1.165, 1.54) is 11.8 Å². The molecule has 0 aliphatic rings. The fourth-order valence-corrected chi connectivity index (χ4v) is 3.24. The fourth-order valence-electron chi connectivity index (χ4n) is 3.24. The van der Waals surface area contributed by atoms with Gasteiger partial charge in [0, 0.05) is 31.3 Å². The highest BCUT2D eigenvalue weighted by molar-refractivity contribution is 6.06. The van der Waals surface area contributed by atoms with Gasteiger partial charge in [0.15, 0.2) is 5.78 Å². The number of esters is 1. The van der Waals surface area contributed by atoms with Crippen LogP contribution in [-0.2, 0) is 16.1 Å². The number of ether oxygens (including phenoxy) is 1. The Balaban J connectivity index is 3.42. The molecule has 0 aliphatic carbocycles. The third-order valence-corrected chi connectivity index (χ3v) is 4.39. The van der Waals surface area contributed by atoms with Gasteiger partial charge in [-0.2, -0.15) is 0 Å². The van der Waals surface area contributed by atoms with Gasteiger partial charge in [0.2, 0.25) is 5.91 Å². The van der Waals surface area contributed by atoms with Crippen LogP contribution in [-0.4, -0.2) is 46.3 Å². The van der Waals surface area contributed by atoms with Gasteiger partial charge in [0.25, 0.3) is 0 Å². The van der Waals surface area contributed by atoms with Crippen molar-refractivity contribution < 1.29 is 19.1 Å². The lowest BCUT2D eigenvalue weighted by atomic mass is 10.00. The summed E-state index contributed by atoms with van der Waals surface area (Å²) in [6.07, 6.45) is 0. The van der Waals surface area contributed by atoms with E-state index in [1.54, 1.807) is 25.3 Å². The average Bonchev–Trinajstić information content (AvgIpc) is 2.77. The molecule has 0 saturated carbocycles. The van der Waals surface area contributed by atoms with E-state index in [0.29, 0.717) is 29.9 Å². The van der Waals surface area contributed by atoms with Crippen LogP contribution in [0.25, 0.3) is 0 Å². The summed E-state index contributed by atoms with van der Waals surface area (Å²) in [5.74, 6) is -0.723. The van der Waals surface area contributed by atoms with Gasteiger partial charge in [-0.25, -0.2) is 4.79 Å². The van der Waals surface area contributed by atoms with Crippen molar-refractivity contribution in [2.45, 2.75) is 61.1 Å². The highest BCUT2D eigenvalue weighted by Gasteiger charge is 2.31. The molecule has 1 rings (SSSR count). The zero-order valence-electron chi connectivity index (χ0n) is 15.7. The van der Waals surface area contributed by atoms with Gasteiger partial charge in [0.1, 0.15) is 5.69 Å². The monoisotopic (exact) mass is 336 g/mol. The highest BCUT2D eigenvalue weighted by Crippen LogP contribution is 2.25. The molecule has 0 aliphatic heterocycles. The Morgan fingerprint density at radius 3 is 2.17 bits per heavy atom. The summed E-state index contributed by atoms with van der Waals surface area (Å²) in [6.45, 7) is 13.6. The molecule has 1 atom stereocenters. The fraction of sp³-hybridized carbons (Fsp3) is 0.611. The molecule has 0 N–H and O–H groups in total. The van der Waals surface area contributed by atoms with Crippen LogP contribution in [0.3, 0.4) is 0 Å². The van der Waals surface area contributed by atoms with Crippen molar-refractivity contribution >= 4 is 17.7 Å². The normalized spacial score (nSPS) is 12.0. The maximum Gasteiger partial charge on any atom is 0.355 e. The van der Waals surface area contributed by atoms with Gasteiger partial charge >= 0.3 is 5.97 Å². The Morgan fingerprint density at radius 1 is 1.17 bits per heavy atom. The molecule has 1 heterocycles. The maximum atomic E-state index is 13.0. The van der Waals surface area contributed by atoms with Crippen molar-refractivity contribution in [1.82, 2.24) is 9.47 Å². The van der Waals surface area contributed by atoms with Gasteiger partial charge in [-0.05, 0) is 47.1 Å². The van der Waals surface area contributed by atoms with Crippen LogP contribution in [0.1, 0.15) is 66.7 Å². The van der Waals surface area contributed by atoms with E-state index < -0.39 is 12.0 Å². The van der Waals surface area contributed by atoms with Gasteiger partial charge in [-0.3, -0.25) is 9.59 Å². The molecule has 1 amide bonds. The van der Waals surface area contributed by atoms with E-state index in [0.717, 1.165) is 5.69 Å². The Morgan fingerprint density at radius 2 is 1.75 bits per heavy atom. The Labute approximate surface area is 143 Å². The number of aromatic nitrogens is 1. The Bertz CT molecular complexity index is 646. The van der Waals surface area contributed by atoms with Crippen LogP contribution in [0.5, 0.6) is 0 Å². The van der Waals surface area contributed by atoms with Gasteiger partial charge < -0.3 is 14.2 Å². The minimum atomic E-state index is -0.576. The molecular formula is C18H28N2O4. The van der Waals surface area contributed by atoms with Crippen LogP contribution in [0, 0.1) is 13.8 Å². The molecule has 6 heteroatoms. The van der Waals surface area contributed by atoms with Crippen LogP contribution in [0.2, 0.25) is 0 Å². The number of carbonyl (C=O) groups is 3. The zero-order valence-corrected chi connectivity index (χ0v) is 15.7. The molecule has 0 spiro atoms. The number of carbonyl (C=O) groups excluding carboxylic acids is 3. The molecule has 134 valence electrons. The molecule has 0 aromatic carbocycles. The molecule has 0 bridgehead atoms. The van der Waals surface area contributed by atoms with Crippen molar-refractivity contribution in [2.75, 3.05) is 13.2 Å². The maximum absolute atomic E-state index is 13.0. The van der Waals surface area contributed by atoms with E-state index in [1.807, 2.05) is 20.8 Å². The van der Waals surface area contributed by atoms with E-state index in [9.17, 15) is 14.4 Å². The van der Waals surface area contributed by atoms with Crippen molar-refractivity contribution in [3.05, 3.63) is 22.5 Å². The lowest BCUT2D eigenvalue weighted by Gasteiger charge is -2.26. The molecule has 6 nitrogen and oxygen atoms in total. The van der Waals surface area contributed by atoms with E-state index in [4.69, 9.17) is 4.74 Å². The standard InChI is InChI=1S/C18H28N2O4/c1-8-19(14(7)21)13(6)17(22)15-11(4)16(18(23)24-10-3)20(9-2)12(15)5/h13H,8-10H2,1-7H3. The SMILES string of the molecule is CCOC(=O)c1c(C)c(C(=O)C(C)N(CC)C(C)=O)c(C)n1CC. The predicted octanol–water partition coefficient (Wildman–Crippen LogP) is 2.74. The molecular weight excluding hydrogens is 308 g/mol. The third kappa shape index (κ3) is 3.52. The number of rotatable bonds is 7. The van der Waals surface area contributed by atoms with Crippen molar-refractivity contribution in [3.63, 3.8) is 0 Å². The zero-order chi connectivity index (χ0) is 18.6. The number of hydrogen-bond donors (Lipinski definition) is 0. The number of ketones is 1. The van der Waals surface area contributed by atoms with Gasteiger partial charge in [-0.1, -0.05) is 0 Å². The first-order chi connectivity index (χ1) is 11.2. The molecule has 24 heavy (non-hydrogen) atoms. The van der Waals surface area contributed by atoms with Crippen molar-refractivity contribution in [1.29, 1.82) is 0 Å². The lowest BCUT2D eigenvalue weighted by Crippen LogP contribution is -2.42. The largest absolute Gasteiger partial charge is 0.461 e. The molecule has 0 saturated heterocycles. The second kappa shape index (κ2) is 8.13. The van der Waals surface area contributed by atoms with Crippen molar-refractivity contribution in [2.24, 2.45) is 0 Å². The first kappa shape index (κ1) is 19.9. The van der Waals surface area contributed by atoms with E-state index in [-0.39, 0.29) is 18.3 Å². The smallest absolute Gasteiger partial charge is 0.355 e. The summed E-state index contributed by atoms with van der Waals surface area (Å²) < 4.78 is 6.93. The van der Waals surface area contributed by atoms with Gasteiger partial charge in [-0.15, -0.1) is 0 Å². The summed E-state index contributed by atoms with van der Waals surface area (Å²) in [6, 6.07) is -0.576. The summed E-state index contributed by atoms with van der Waals surface area (Å²) >= 11 is 0. The molecule has 1 unspecified atom stereocenters. The summed E-state index contributed by atoms with van der Waals surface area (Å²) in [4.78, 5) is 38.5. The number of Topliss-reactive ketones (excluding diaryl/α,β-unsaturated/α-hetero) is 1. The quantitative estimate of drug-likeness (QED) is 0.567. The first-order valence-corrected chi connectivity index (χ1v) is 8.40. The number of amides is 1. The Hall–Kier alpha value is -2.11. The number of hydrogen-bond acceptors (Lipinski definition) is 4. The second-order valence-corrected chi connectivity index (χ2v) is 5.74. The highest BCUT2D eigenvalue weighted by atomic mass is 16.5. The summed E-state index contributed by atoms with van der Waals surface area (Å²) in [7, 11) is 0. The third-order valence-electron chi connectivity index (χ3n) is 4.39. The van der Waals surface area contributed by atoms with Crippen LogP contribution in [0.15, 0.2) is 0 Å². The van der Waals surface area contributed by atoms with Crippen LogP contribution in [0.4, 0.5) is 0 Å². The average molecular weight is 336 g/mol. The molecule has 0 radical (unpaired) electrons. The van der Waals surface area contributed by atoms with Crippen LogP contribution >= 0.6 is 0 Å². The van der Waals surface area contributed by atoms with Crippen molar-refractivity contribution in [3.8, 4) is 0 Å². The lowest BCUT2D eigenvalue weighted by molar-refractivity contribution is -0.129. The molecule has 1 aromatic rings. The Kier molecular flexibility index (Phi) is 6.75. The van der Waals surface area contributed by atoms with Gasteiger partial charge in [0.05, 0.1) is 12.6 Å². The predicted molar refractivity (Wildman–Crippen MR) is 92.4 cm³/mol. The summed E-state index contributed by atoms with van der Waals surface area (Å²) in [5, 5.41) is 0. The summed E-state index contributed by atoms with van der Waals surface area (Å²) in [5.41, 5.74) is 2.27. The number of nitrogens with zero attached hydrogens (tertiary/aromatic N) is 2. The minimum Gasteiger partial charge on any atom is -0.461 e. The van der Waals surface area contributed by atoms with E-state index in [2.05, 4.69) is 0 Å². The topological polar surface area (TPSA) is 68.6 Å². The second-order valence-electron chi connectivity index (χ2n) is 5.74. The van der Waals surface area contributed by atoms with E-state index >= 15 is 0 Å².